The van der Waals surface area contributed by atoms with Gasteiger partial charge in [-0.25, -0.2) is 14.4 Å². The smallest absolute Gasteiger partial charge is 0.218 e. The predicted molar refractivity (Wildman–Crippen MR) is 70.0 cm³/mol. The first-order chi connectivity index (χ1) is 8.70. The summed E-state index contributed by atoms with van der Waals surface area (Å²) in [7, 11) is 1.55. The second-order valence-electron chi connectivity index (χ2n) is 3.51. The van der Waals surface area contributed by atoms with E-state index in [0.717, 1.165) is 5.56 Å². The van der Waals surface area contributed by atoms with Crippen molar-refractivity contribution in [3.05, 3.63) is 46.4 Å². The van der Waals surface area contributed by atoms with Gasteiger partial charge in [0.25, 0.3) is 0 Å². The number of nitrogens with zero attached hydrogens (tertiary/aromatic N) is 2. The van der Waals surface area contributed by atoms with Crippen LogP contribution in [0.1, 0.15) is 5.56 Å². The van der Waals surface area contributed by atoms with Crippen molar-refractivity contribution in [1.29, 1.82) is 0 Å². The zero-order chi connectivity index (χ0) is 13.0. The van der Waals surface area contributed by atoms with Gasteiger partial charge in [-0.15, -0.1) is 0 Å². The highest BCUT2D eigenvalue weighted by atomic mass is 79.9. The van der Waals surface area contributed by atoms with Crippen molar-refractivity contribution in [2.45, 2.75) is 6.54 Å². The minimum atomic E-state index is -0.410. The summed E-state index contributed by atoms with van der Waals surface area (Å²) in [5.74, 6) is 0.304. The molecule has 0 fully saturated rings. The second-order valence-corrected chi connectivity index (χ2v) is 4.42. The van der Waals surface area contributed by atoms with E-state index in [0.29, 0.717) is 16.9 Å². The summed E-state index contributed by atoms with van der Waals surface area (Å²) in [6.45, 7) is 0.391. The molecule has 0 radical (unpaired) electrons. The van der Waals surface area contributed by atoms with Gasteiger partial charge in [0.05, 0.1) is 7.11 Å². The number of methoxy groups -OCH3 is 1. The van der Waals surface area contributed by atoms with Crippen LogP contribution >= 0.6 is 15.9 Å². The van der Waals surface area contributed by atoms with Crippen LogP contribution in [-0.4, -0.2) is 17.1 Å². The van der Waals surface area contributed by atoms with E-state index >= 15 is 0 Å². The molecule has 2 rings (SSSR count). The van der Waals surface area contributed by atoms with E-state index in [2.05, 4.69) is 31.2 Å². The molecule has 6 heteroatoms. The van der Waals surface area contributed by atoms with Crippen LogP contribution < -0.4 is 10.1 Å². The Morgan fingerprint density at radius 3 is 3.00 bits per heavy atom. The number of rotatable bonds is 4. The average molecular weight is 312 g/mol. The molecular formula is C12H11BrFN3O. The molecule has 0 bridgehead atoms. The highest BCUT2D eigenvalue weighted by molar-refractivity contribution is 9.10. The van der Waals surface area contributed by atoms with Crippen molar-refractivity contribution in [3.8, 4) is 5.88 Å². The number of pyridine rings is 2. The summed E-state index contributed by atoms with van der Waals surface area (Å²) in [5.41, 5.74) is 0.837. The fourth-order valence-electron chi connectivity index (χ4n) is 1.47. The number of ether oxygens (including phenoxy) is 1. The zero-order valence-electron chi connectivity index (χ0n) is 9.65. The number of hydrogen-bond acceptors (Lipinski definition) is 4. The molecule has 0 atom stereocenters. The Kier molecular flexibility index (Phi) is 4.09. The van der Waals surface area contributed by atoms with E-state index < -0.39 is 5.82 Å². The van der Waals surface area contributed by atoms with E-state index in [4.69, 9.17) is 4.74 Å². The summed E-state index contributed by atoms with van der Waals surface area (Å²) in [6, 6.07) is 5.01. The van der Waals surface area contributed by atoms with Gasteiger partial charge in [0, 0.05) is 29.0 Å². The molecule has 0 saturated heterocycles. The van der Waals surface area contributed by atoms with Crippen LogP contribution in [0.15, 0.2) is 35.1 Å². The van der Waals surface area contributed by atoms with Crippen molar-refractivity contribution in [2.24, 2.45) is 0 Å². The van der Waals surface area contributed by atoms with Gasteiger partial charge in [-0.05, 0) is 28.1 Å². The third-order valence-corrected chi connectivity index (χ3v) is 2.73. The number of nitrogens with one attached hydrogen (secondary N) is 1. The van der Waals surface area contributed by atoms with Gasteiger partial charge in [-0.1, -0.05) is 6.07 Å². The summed E-state index contributed by atoms with van der Waals surface area (Å²) in [6.07, 6.45) is 3.17. The third kappa shape index (κ3) is 2.95. The van der Waals surface area contributed by atoms with Crippen molar-refractivity contribution < 1.29 is 9.13 Å². The molecule has 0 aliphatic heterocycles. The van der Waals surface area contributed by atoms with Crippen LogP contribution in [0.2, 0.25) is 0 Å². The molecular weight excluding hydrogens is 301 g/mol. The lowest BCUT2D eigenvalue weighted by molar-refractivity contribution is 0.393. The number of halogens is 2. The maximum atomic E-state index is 13.5. The van der Waals surface area contributed by atoms with E-state index in [1.807, 2.05) is 6.07 Å². The highest BCUT2D eigenvalue weighted by Gasteiger charge is 2.07. The summed E-state index contributed by atoms with van der Waals surface area (Å²) in [5, 5.41) is 2.90. The van der Waals surface area contributed by atoms with Gasteiger partial charge < -0.3 is 10.1 Å². The van der Waals surface area contributed by atoms with Gasteiger partial charge in [0.1, 0.15) is 0 Å². The summed E-state index contributed by atoms with van der Waals surface area (Å²) >= 11 is 3.15. The fourth-order valence-corrected chi connectivity index (χ4v) is 1.77. The van der Waals surface area contributed by atoms with Gasteiger partial charge in [0.2, 0.25) is 5.88 Å². The Labute approximate surface area is 112 Å². The topological polar surface area (TPSA) is 47.0 Å². The minimum absolute atomic E-state index is 0.198. The van der Waals surface area contributed by atoms with Crippen LogP contribution in [0.3, 0.4) is 0 Å². The fraction of sp³-hybridized carbons (Fsp3) is 0.167. The Hall–Kier alpha value is -1.69. The average Bonchev–Trinajstić information content (AvgIpc) is 2.38. The molecule has 94 valence electrons. The number of hydrogen-bond donors (Lipinski definition) is 1. The first-order valence-electron chi connectivity index (χ1n) is 5.23. The first kappa shape index (κ1) is 12.8. The zero-order valence-corrected chi connectivity index (χ0v) is 11.2. The highest BCUT2D eigenvalue weighted by Crippen LogP contribution is 2.19. The van der Waals surface area contributed by atoms with E-state index in [1.54, 1.807) is 19.4 Å². The van der Waals surface area contributed by atoms with Gasteiger partial charge in [-0.3, -0.25) is 0 Å². The standard InChI is InChI=1S/C12H11BrFN3O/c1-18-12-8(3-2-4-15-12)6-16-11-10(14)5-9(13)7-17-11/h2-5,7H,6H2,1H3,(H,16,17). The van der Waals surface area contributed by atoms with Crippen molar-refractivity contribution in [3.63, 3.8) is 0 Å². The molecule has 0 aliphatic carbocycles. The van der Waals surface area contributed by atoms with Crippen LogP contribution in [0.25, 0.3) is 0 Å². The van der Waals surface area contributed by atoms with Crippen molar-refractivity contribution in [1.82, 2.24) is 9.97 Å². The largest absolute Gasteiger partial charge is 0.481 e. The van der Waals surface area contributed by atoms with Crippen LogP contribution in [0.5, 0.6) is 5.88 Å². The Bertz CT molecular complexity index is 551. The maximum Gasteiger partial charge on any atom is 0.218 e. The molecule has 2 aromatic heterocycles. The van der Waals surface area contributed by atoms with Crippen molar-refractivity contribution >= 4 is 21.7 Å². The first-order valence-corrected chi connectivity index (χ1v) is 6.03. The lowest BCUT2D eigenvalue weighted by atomic mass is 10.2. The SMILES string of the molecule is COc1ncccc1CNc1ncc(Br)cc1F. The van der Waals surface area contributed by atoms with Gasteiger partial charge in [0.15, 0.2) is 11.6 Å². The normalized spacial score (nSPS) is 10.2. The molecule has 0 aliphatic rings. The molecule has 0 amide bonds. The van der Waals surface area contributed by atoms with E-state index in [9.17, 15) is 4.39 Å². The maximum absolute atomic E-state index is 13.5. The monoisotopic (exact) mass is 311 g/mol. The number of anilines is 1. The molecule has 0 spiro atoms. The number of aromatic nitrogens is 2. The van der Waals surface area contributed by atoms with E-state index in [-0.39, 0.29) is 5.82 Å². The van der Waals surface area contributed by atoms with Gasteiger partial charge in [-0.2, -0.15) is 0 Å². The summed E-state index contributed by atoms with van der Waals surface area (Å²) in [4.78, 5) is 8.02. The van der Waals surface area contributed by atoms with Gasteiger partial charge >= 0.3 is 0 Å². The van der Waals surface area contributed by atoms with E-state index in [1.165, 1.54) is 12.3 Å². The molecule has 2 aromatic rings. The Balaban J connectivity index is 2.11. The van der Waals surface area contributed by atoms with Crippen LogP contribution in [0, 0.1) is 5.82 Å². The van der Waals surface area contributed by atoms with Crippen LogP contribution in [-0.2, 0) is 6.54 Å². The second kappa shape index (κ2) is 5.77. The molecule has 1 N–H and O–H groups in total. The lowest BCUT2D eigenvalue weighted by Gasteiger charge is -2.09. The molecule has 0 saturated carbocycles. The molecule has 0 aromatic carbocycles. The predicted octanol–water partition coefficient (Wildman–Crippen LogP) is 3.00. The third-order valence-electron chi connectivity index (χ3n) is 2.30. The molecule has 4 nitrogen and oxygen atoms in total. The lowest BCUT2D eigenvalue weighted by Crippen LogP contribution is -2.05. The molecule has 0 unspecified atom stereocenters. The van der Waals surface area contributed by atoms with Crippen LogP contribution in [0.4, 0.5) is 10.2 Å². The summed E-state index contributed by atoms with van der Waals surface area (Å²) < 4.78 is 19.2. The molecule has 2 heterocycles. The van der Waals surface area contributed by atoms with Crippen molar-refractivity contribution in [2.75, 3.05) is 12.4 Å². The quantitative estimate of drug-likeness (QED) is 0.943. The molecule has 18 heavy (non-hydrogen) atoms. The Morgan fingerprint density at radius 2 is 2.28 bits per heavy atom. The minimum Gasteiger partial charge on any atom is -0.481 e. The Morgan fingerprint density at radius 1 is 1.44 bits per heavy atom.